The summed E-state index contributed by atoms with van der Waals surface area (Å²) in [5.41, 5.74) is 0. The van der Waals surface area contributed by atoms with Gasteiger partial charge < -0.3 is 15.4 Å². The van der Waals surface area contributed by atoms with E-state index in [0.717, 1.165) is 30.4 Å². The third-order valence-corrected chi connectivity index (χ3v) is 2.20. The first-order valence-corrected chi connectivity index (χ1v) is 6.07. The molecule has 1 aromatic rings. The van der Waals surface area contributed by atoms with Crippen LogP contribution in [0.15, 0.2) is 6.07 Å². The topological polar surface area (TPSA) is 59.1 Å². The Balaban J connectivity index is 2.51. The highest BCUT2D eigenvalue weighted by atomic mass is 16.5. The minimum absolute atomic E-state index is 0.265. The van der Waals surface area contributed by atoms with Gasteiger partial charge in [0.15, 0.2) is 0 Å². The van der Waals surface area contributed by atoms with E-state index in [2.05, 4.69) is 20.6 Å². The highest BCUT2D eigenvalue weighted by molar-refractivity contribution is 5.47. The molecule has 96 valence electrons. The molecule has 0 bridgehead atoms. The zero-order valence-electron chi connectivity index (χ0n) is 11.1. The highest BCUT2D eigenvalue weighted by Crippen LogP contribution is 2.10. The van der Waals surface area contributed by atoms with Gasteiger partial charge in [-0.1, -0.05) is 6.92 Å². The van der Waals surface area contributed by atoms with Crippen molar-refractivity contribution in [1.29, 1.82) is 0 Å². The van der Waals surface area contributed by atoms with Crippen LogP contribution in [0.5, 0.6) is 0 Å². The second-order valence-corrected chi connectivity index (χ2v) is 4.00. The Morgan fingerprint density at radius 1 is 1.29 bits per heavy atom. The molecule has 0 saturated carbocycles. The maximum absolute atomic E-state index is 5.46. The van der Waals surface area contributed by atoms with Gasteiger partial charge in [-0.3, -0.25) is 0 Å². The molecule has 0 aliphatic carbocycles. The molecule has 0 saturated heterocycles. The Hall–Kier alpha value is -1.36. The third kappa shape index (κ3) is 4.99. The van der Waals surface area contributed by atoms with Crippen LogP contribution >= 0.6 is 0 Å². The zero-order valence-corrected chi connectivity index (χ0v) is 11.1. The molecule has 0 amide bonds. The first-order valence-electron chi connectivity index (χ1n) is 6.07. The Kier molecular flexibility index (Phi) is 5.69. The first kappa shape index (κ1) is 13.7. The number of hydrogen-bond donors (Lipinski definition) is 2. The van der Waals surface area contributed by atoms with Crippen molar-refractivity contribution in [3.8, 4) is 0 Å². The minimum Gasteiger partial charge on any atom is -0.377 e. The molecule has 0 aromatic carbocycles. The van der Waals surface area contributed by atoms with Gasteiger partial charge in [-0.15, -0.1) is 0 Å². The van der Waals surface area contributed by atoms with E-state index in [4.69, 9.17) is 4.74 Å². The summed E-state index contributed by atoms with van der Waals surface area (Å²) in [4.78, 5) is 8.73. The van der Waals surface area contributed by atoms with Crippen LogP contribution in [-0.2, 0) is 11.2 Å². The van der Waals surface area contributed by atoms with Crippen molar-refractivity contribution in [1.82, 2.24) is 9.97 Å². The molecular formula is C12H22N4O. The second kappa shape index (κ2) is 7.06. The summed E-state index contributed by atoms with van der Waals surface area (Å²) in [5.74, 6) is 2.52. The lowest BCUT2D eigenvalue weighted by Gasteiger charge is -2.10. The van der Waals surface area contributed by atoms with E-state index < -0.39 is 0 Å². The summed E-state index contributed by atoms with van der Waals surface area (Å²) in [6.45, 7) is 7.53. The molecule has 5 heteroatoms. The normalized spacial score (nSPS) is 10.6. The van der Waals surface area contributed by atoms with Crippen molar-refractivity contribution < 1.29 is 4.74 Å². The molecule has 5 nitrogen and oxygen atoms in total. The van der Waals surface area contributed by atoms with Gasteiger partial charge in [0.1, 0.15) is 17.5 Å². The molecule has 0 fully saturated rings. The van der Waals surface area contributed by atoms with Crippen molar-refractivity contribution in [2.75, 3.05) is 30.8 Å². The van der Waals surface area contributed by atoms with Gasteiger partial charge in [0.05, 0.1) is 12.7 Å². The van der Waals surface area contributed by atoms with Crippen molar-refractivity contribution in [2.24, 2.45) is 0 Å². The summed E-state index contributed by atoms with van der Waals surface area (Å²) in [5, 5.41) is 6.26. The Labute approximate surface area is 103 Å². The van der Waals surface area contributed by atoms with E-state index >= 15 is 0 Å². The quantitative estimate of drug-likeness (QED) is 0.711. The summed E-state index contributed by atoms with van der Waals surface area (Å²) in [6.07, 6.45) is 1.09. The van der Waals surface area contributed by atoms with E-state index in [-0.39, 0.29) is 6.10 Å². The molecule has 0 atom stereocenters. The van der Waals surface area contributed by atoms with Gasteiger partial charge in [0.2, 0.25) is 0 Å². The number of aromatic nitrogens is 2. The molecule has 17 heavy (non-hydrogen) atoms. The van der Waals surface area contributed by atoms with Crippen molar-refractivity contribution in [3.05, 3.63) is 11.9 Å². The van der Waals surface area contributed by atoms with Crippen LogP contribution in [-0.4, -0.2) is 36.3 Å². The predicted octanol–water partition coefficient (Wildman–Crippen LogP) is 1.92. The molecule has 1 aromatic heterocycles. The Morgan fingerprint density at radius 2 is 2.00 bits per heavy atom. The molecule has 0 unspecified atom stereocenters. The largest absolute Gasteiger partial charge is 0.377 e. The van der Waals surface area contributed by atoms with E-state index in [1.807, 2.05) is 33.9 Å². The number of aryl methyl sites for hydroxylation is 1. The van der Waals surface area contributed by atoms with Gasteiger partial charge in [-0.2, -0.15) is 0 Å². The van der Waals surface area contributed by atoms with E-state index in [1.165, 1.54) is 0 Å². The van der Waals surface area contributed by atoms with Crippen molar-refractivity contribution >= 4 is 11.6 Å². The number of ether oxygens (including phenoxy) is 1. The Bertz CT molecular complexity index is 319. The summed E-state index contributed by atoms with van der Waals surface area (Å²) >= 11 is 0. The zero-order chi connectivity index (χ0) is 12.7. The molecule has 1 rings (SSSR count). The lowest BCUT2D eigenvalue weighted by atomic mass is 10.4. The smallest absolute Gasteiger partial charge is 0.132 e. The number of nitrogens with one attached hydrogen (secondary N) is 2. The van der Waals surface area contributed by atoms with Gasteiger partial charge in [-0.05, 0) is 13.8 Å². The maximum Gasteiger partial charge on any atom is 0.132 e. The number of nitrogens with zero attached hydrogens (tertiary/aromatic N) is 2. The molecule has 0 aliphatic heterocycles. The monoisotopic (exact) mass is 238 g/mol. The lowest BCUT2D eigenvalue weighted by Crippen LogP contribution is -2.14. The molecule has 0 aliphatic rings. The van der Waals surface area contributed by atoms with Gasteiger partial charge in [0.25, 0.3) is 0 Å². The number of hydrogen-bond acceptors (Lipinski definition) is 5. The van der Waals surface area contributed by atoms with Gasteiger partial charge in [0, 0.05) is 26.1 Å². The fourth-order valence-electron chi connectivity index (χ4n) is 1.35. The van der Waals surface area contributed by atoms with E-state index in [1.54, 1.807) is 0 Å². The van der Waals surface area contributed by atoms with Crippen LogP contribution < -0.4 is 10.6 Å². The SMILES string of the molecule is CCc1nc(NC)cc(NCCOC(C)C)n1. The Morgan fingerprint density at radius 3 is 2.59 bits per heavy atom. The molecule has 1 heterocycles. The van der Waals surface area contributed by atoms with Gasteiger partial charge >= 0.3 is 0 Å². The molecule has 0 spiro atoms. The van der Waals surface area contributed by atoms with Crippen molar-refractivity contribution in [2.45, 2.75) is 33.3 Å². The average molecular weight is 238 g/mol. The summed E-state index contributed by atoms with van der Waals surface area (Å²) in [7, 11) is 1.85. The standard InChI is InChI=1S/C12H22N4O/c1-5-10-15-11(13-4)8-12(16-10)14-6-7-17-9(2)3/h8-9H,5-7H2,1-4H3,(H2,13,14,15,16). The molecular weight excluding hydrogens is 216 g/mol. The van der Waals surface area contributed by atoms with E-state index in [9.17, 15) is 0 Å². The number of anilines is 2. The predicted molar refractivity (Wildman–Crippen MR) is 70.5 cm³/mol. The molecule has 0 radical (unpaired) electrons. The fraction of sp³-hybridized carbons (Fsp3) is 0.667. The average Bonchev–Trinajstić information content (AvgIpc) is 2.34. The van der Waals surface area contributed by atoms with Crippen LogP contribution in [0.3, 0.4) is 0 Å². The maximum atomic E-state index is 5.46. The highest BCUT2D eigenvalue weighted by Gasteiger charge is 2.02. The first-order chi connectivity index (χ1) is 8.15. The van der Waals surface area contributed by atoms with Crippen LogP contribution in [0.2, 0.25) is 0 Å². The van der Waals surface area contributed by atoms with E-state index in [0.29, 0.717) is 6.61 Å². The van der Waals surface area contributed by atoms with Gasteiger partial charge in [-0.25, -0.2) is 9.97 Å². The van der Waals surface area contributed by atoms with Crippen LogP contribution in [0.25, 0.3) is 0 Å². The summed E-state index contributed by atoms with van der Waals surface area (Å²) in [6, 6.07) is 1.90. The van der Waals surface area contributed by atoms with Crippen LogP contribution in [0.1, 0.15) is 26.6 Å². The van der Waals surface area contributed by atoms with Crippen molar-refractivity contribution in [3.63, 3.8) is 0 Å². The third-order valence-electron chi connectivity index (χ3n) is 2.20. The fourth-order valence-corrected chi connectivity index (χ4v) is 1.35. The minimum atomic E-state index is 0.265. The summed E-state index contributed by atoms with van der Waals surface area (Å²) < 4.78 is 5.46. The number of rotatable bonds is 7. The molecule has 2 N–H and O–H groups in total. The van der Waals surface area contributed by atoms with Crippen LogP contribution in [0.4, 0.5) is 11.6 Å². The second-order valence-electron chi connectivity index (χ2n) is 4.00. The lowest BCUT2D eigenvalue weighted by molar-refractivity contribution is 0.0870. The van der Waals surface area contributed by atoms with Crippen LogP contribution in [0, 0.1) is 0 Å².